The van der Waals surface area contributed by atoms with Crippen LogP contribution >= 0.6 is 0 Å². The molecule has 0 saturated heterocycles. The summed E-state index contributed by atoms with van der Waals surface area (Å²) < 4.78 is 28.8. The maximum Gasteiger partial charge on any atom is 0.311 e. The molecule has 0 amide bonds. The van der Waals surface area contributed by atoms with Gasteiger partial charge in [0.25, 0.3) is 0 Å². The molecule has 1 aromatic carbocycles. The summed E-state index contributed by atoms with van der Waals surface area (Å²) in [5.74, 6) is 0.137. The van der Waals surface area contributed by atoms with E-state index < -0.39 is 14.9 Å². The Hall–Kier alpha value is -1.67. The van der Waals surface area contributed by atoms with Crippen molar-refractivity contribution in [2.75, 3.05) is 13.4 Å². The summed E-state index contributed by atoms with van der Waals surface area (Å²) in [7, 11) is -1.99. The van der Waals surface area contributed by atoms with Gasteiger partial charge in [0.05, 0.1) is 18.3 Å². The van der Waals surface area contributed by atoms with E-state index in [4.69, 9.17) is 4.74 Å². The molecule has 7 nitrogen and oxygen atoms in total. The van der Waals surface area contributed by atoms with E-state index in [1.165, 1.54) is 19.2 Å². The van der Waals surface area contributed by atoms with Crippen LogP contribution < -0.4 is 9.46 Å². The lowest BCUT2D eigenvalue weighted by atomic mass is 10.2. The first kappa shape index (κ1) is 13.4. The van der Waals surface area contributed by atoms with Gasteiger partial charge in [0.2, 0.25) is 10.0 Å². The maximum atomic E-state index is 10.9. The third-order valence-corrected chi connectivity index (χ3v) is 2.65. The Kier molecular flexibility index (Phi) is 4.02. The van der Waals surface area contributed by atoms with Gasteiger partial charge >= 0.3 is 5.69 Å². The molecule has 1 N–H and O–H groups in total. The van der Waals surface area contributed by atoms with Crippen molar-refractivity contribution >= 4 is 15.7 Å². The zero-order valence-corrected chi connectivity index (χ0v) is 10.2. The third kappa shape index (κ3) is 4.00. The highest BCUT2D eigenvalue weighted by atomic mass is 32.2. The van der Waals surface area contributed by atoms with Crippen LogP contribution in [0.2, 0.25) is 0 Å². The van der Waals surface area contributed by atoms with Crippen molar-refractivity contribution in [2.24, 2.45) is 0 Å². The van der Waals surface area contributed by atoms with E-state index in [0.29, 0.717) is 5.56 Å². The highest BCUT2D eigenvalue weighted by Crippen LogP contribution is 2.27. The van der Waals surface area contributed by atoms with Crippen LogP contribution in [-0.4, -0.2) is 26.7 Å². The van der Waals surface area contributed by atoms with Gasteiger partial charge in [-0.15, -0.1) is 0 Å². The second-order valence-corrected chi connectivity index (χ2v) is 5.19. The molecule has 0 unspecified atom stereocenters. The molecule has 94 valence electrons. The first-order chi connectivity index (χ1) is 7.83. The predicted octanol–water partition coefficient (Wildman–Crippen LogP) is 0.653. The summed E-state index contributed by atoms with van der Waals surface area (Å²) in [6.07, 6.45) is 1.02. The van der Waals surface area contributed by atoms with Crippen LogP contribution in [0.15, 0.2) is 18.2 Å². The fourth-order valence-electron chi connectivity index (χ4n) is 1.20. The Morgan fingerprint density at radius 3 is 2.59 bits per heavy atom. The summed E-state index contributed by atoms with van der Waals surface area (Å²) >= 11 is 0. The van der Waals surface area contributed by atoms with Crippen molar-refractivity contribution in [1.29, 1.82) is 0 Å². The monoisotopic (exact) mass is 260 g/mol. The number of nitrogens with one attached hydrogen (secondary N) is 1. The van der Waals surface area contributed by atoms with E-state index in [2.05, 4.69) is 4.72 Å². The number of hydrogen-bond acceptors (Lipinski definition) is 5. The molecular formula is C9H12N2O5S. The maximum absolute atomic E-state index is 10.9. The second-order valence-electron chi connectivity index (χ2n) is 3.36. The highest BCUT2D eigenvalue weighted by Gasteiger charge is 2.15. The Balaban J connectivity index is 2.96. The first-order valence-corrected chi connectivity index (χ1v) is 6.48. The van der Waals surface area contributed by atoms with Crippen LogP contribution in [0, 0.1) is 10.1 Å². The van der Waals surface area contributed by atoms with Crippen molar-refractivity contribution in [1.82, 2.24) is 4.72 Å². The summed E-state index contributed by atoms with van der Waals surface area (Å²) in [5, 5.41) is 10.7. The molecule has 0 saturated carbocycles. The van der Waals surface area contributed by atoms with Gasteiger partial charge in [0.1, 0.15) is 0 Å². The lowest BCUT2D eigenvalue weighted by molar-refractivity contribution is -0.385. The molecule has 1 aromatic rings. The molecule has 0 heterocycles. The highest BCUT2D eigenvalue weighted by molar-refractivity contribution is 7.88. The topological polar surface area (TPSA) is 98.5 Å². The Bertz CT molecular complexity index is 526. The number of nitro groups is 1. The molecule has 0 fully saturated rings. The van der Waals surface area contributed by atoms with E-state index in [-0.39, 0.29) is 18.0 Å². The molecule has 0 bridgehead atoms. The molecule has 0 aliphatic heterocycles. The Labute approximate surface area is 98.6 Å². The second kappa shape index (κ2) is 5.11. The fourth-order valence-corrected chi connectivity index (χ4v) is 1.63. The zero-order valence-electron chi connectivity index (χ0n) is 9.34. The van der Waals surface area contributed by atoms with Crippen LogP contribution in [0.1, 0.15) is 5.56 Å². The average molecular weight is 260 g/mol. The number of nitro benzene ring substituents is 1. The molecule has 1 rings (SSSR count). The van der Waals surface area contributed by atoms with Gasteiger partial charge in [0.15, 0.2) is 5.75 Å². The molecule has 0 aliphatic carbocycles. The number of methoxy groups -OCH3 is 1. The number of sulfonamides is 1. The predicted molar refractivity (Wildman–Crippen MR) is 61.3 cm³/mol. The van der Waals surface area contributed by atoms with Gasteiger partial charge in [-0.3, -0.25) is 10.1 Å². The van der Waals surface area contributed by atoms with Crippen LogP contribution in [-0.2, 0) is 16.6 Å². The van der Waals surface area contributed by atoms with Gasteiger partial charge < -0.3 is 4.74 Å². The summed E-state index contributed by atoms with van der Waals surface area (Å²) in [5.41, 5.74) is 0.295. The molecule has 0 spiro atoms. The van der Waals surface area contributed by atoms with Crippen LogP contribution in [0.5, 0.6) is 5.75 Å². The fraction of sp³-hybridized carbons (Fsp3) is 0.333. The number of hydrogen-bond donors (Lipinski definition) is 1. The van der Waals surface area contributed by atoms with E-state index in [1.807, 2.05) is 0 Å². The van der Waals surface area contributed by atoms with Gasteiger partial charge in [-0.1, -0.05) is 6.07 Å². The van der Waals surface area contributed by atoms with Crippen molar-refractivity contribution in [3.8, 4) is 5.75 Å². The molecule has 17 heavy (non-hydrogen) atoms. The van der Waals surface area contributed by atoms with E-state index in [1.54, 1.807) is 6.07 Å². The SMILES string of the molecule is COc1ccc(CNS(C)(=O)=O)cc1[N+](=O)[O-]. The largest absolute Gasteiger partial charge is 0.490 e. The average Bonchev–Trinajstić information content (AvgIpc) is 2.25. The van der Waals surface area contributed by atoms with Gasteiger partial charge in [-0.2, -0.15) is 0 Å². The molecular weight excluding hydrogens is 248 g/mol. The van der Waals surface area contributed by atoms with Crippen LogP contribution in [0.4, 0.5) is 5.69 Å². The van der Waals surface area contributed by atoms with Crippen molar-refractivity contribution in [2.45, 2.75) is 6.54 Å². The molecule has 8 heteroatoms. The van der Waals surface area contributed by atoms with Gasteiger partial charge in [-0.05, 0) is 11.6 Å². The Morgan fingerprint density at radius 2 is 2.12 bits per heavy atom. The minimum absolute atomic E-state index is 0.00364. The number of benzene rings is 1. The minimum Gasteiger partial charge on any atom is -0.490 e. The van der Waals surface area contributed by atoms with E-state index >= 15 is 0 Å². The van der Waals surface area contributed by atoms with E-state index in [0.717, 1.165) is 6.26 Å². The summed E-state index contributed by atoms with van der Waals surface area (Å²) in [4.78, 5) is 10.1. The molecule has 0 radical (unpaired) electrons. The van der Waals surface area contributed by atoms with Crippen molar-refractivity contribution < 1.29 is 18.1 Å². The van der Waals surface area contributed by atoms with Crippen molar-refractivity contribution in [3.05, 3.63) is 33.9 Å². The molecule has 0 aliphatic rings. The van der Waals surface area contributed by atoms with Gasteiger partial charge in [0, 0.05) is 12.6 Å². The third-order valence-electron chi connectivity index (χ3n) is 1.98. The van der Waals surface area contributed by atoms with Crippen molar-refractivity contribution in [3.63, 3.8) is 0 Å². The van der Waals surface area contributed by atoms with E-state index in [9.17, 15) is 18.5 Å². The summed E-state index contributed by atoms with van der Waals surface area (Å²) in [6.45, 7) is 0.00364. The lowest BCUT2D eigenvalue weighted by Gasteiger charge is -2.05. The number of ether oxygens (including phenoxy) is 1. The van der Waals surface area contributed by atoms with Gasteiger partial charge in [-0.25, -0.2) is 13.1 Å². The van der Waals surface area contributed by atoms with Crippen LogP contribution in [0.3, 0.4) is 0 Å². The lowest BCUT2D eigenvalue weighted by Crippen LogP contribution is -2.21. The zero-order chi connectivity index (χ0) is 13.1. The Morgan fingerprint density at radius 1 is 1.47 bits per heavy atom. The number of rotatable bonds is 5. The smallest absolute Gasteiger partial charge is 0.311 e. The first-order valence-electron chi connectivity index (χ1n) is 4.59. The minimum atomic E-state index is -3.32. The number of nitrogens with zero attached hydrogens (tertiary/aromatic N) is 1. The standard InChI is InChI=1S/C9H12N2O5S/c1-16-9-4-3-7(5-8(9)11(12)13)6-10-17(2,14)15/h3-5,10H,6H2,1-2H3. The molecule has 0 aromatic heterocycles. The normalized spacial score (nSPS) is 11.2. The quantitative estimate of drug-likeness (QED) is 0.619. The molecule has 0 atom stereocenters. The summed E-state index contributed by atoms with van der Waals surface area (Å²) in [6, 6.07) is 4.26. The van der Waals surface area contributed by atoms with Crippen LogP contribution in [0.25, 0.3) is 0 Å².